The van der Waals surface area contributed by atoms with Crippen molar-refractivity contribution in [2.75, 3.05) is 20.3 Å². The van der Waals surface area contributed by atoms with Gasteiger partial charge in [0.25, 0.3) is 0 Å². The largest absolute Gasteiger partial charge is 0.497 e. The van der Waals surface area contributed by atoms with Crippen LogP contribution in [0.3, 0.4) is 0 Å². The van der Waals surface area contributed by atoms with Gasteiger partial charge in [-0.2, -0.15) is 0 Å². The monoisotopic (exact) mass is 344 g/mol. The number of ether oxygens (including phenoxy) is 4. The molecule has 3 rings (SSSR count). The number of hydrogen-bond donors (Lipinski definition) is 1. The SMILES string of the molecule is COc1ccc(CO[C@H]2[C@@H](O)CO[C@@H]2COCc2ccccc2)cc1. The number of benzene rings is 2. The number of methoxy groups -OCH3 is 1. The highest BCUT2D eigenvalue weighted by atomic mass is 16.6. The number of aliphatic hydroxyl groups excluding tert-OH is 1. The van der Waals surface area contributed by atoms with Crippen molar-refractivity contribution in [1.82, 2.24) is 0 Å². The topological polar surface area (TPSA) is 57.2 Å². The van der Waals surface area contributed by atoms with Crippen LogP contribution in [0.2, 0.25) is 0 Å². The maximum absolute atomic E-state index is 10.1. The Morgan fingerprint density at radius 1 is 1.00 bits per heavy atom. The zero-order valence-electron chi connectivity index (χ0n) is 14.3. The fourth-order valence-electron chi connectivity index (χ4n) is 2.80. The molecule has 1 aliphatic heterocycles. The van der Waals surface area contributed by atoms with Gasteiger partial charge in [-0.1, -0.05) is 42.5 Å². The minimum atomic E-state index is -0.636. The summed E-state index contributed by atoms with van der Waals surface area (Å²) in [6.45, 7) is 1.58. The third kappa shape index (κ3) is 5.03. The summed E-state index contributed by atoms with van der Waals surface area (Å²) in [7, 11) is 1.64. The highest BCUT2D eigenvalue weighted by molar-refractivity contribution is 5.26. The van der Waals surface area contributed by atoms with Crippen LogP contribution in [-0.2, 0) is 27.4 Å². The van der Waals surface area contributed by atoms with E-state index >= 15 is 0 Å². The summed E-state index contributed by atoms with van der Waals surface area (Å²) in [5.74, 6) is 0.806. The molecule has 2 aromatic carbocycles. The first-order valence-electron chi connectivity index (χ1n) is 8.42. The van der Waals surface area contributed by atoms with Crippen molar-refractivity contribution < 1.29 is 24.1 Å². The molecular weight excluding hydrogens is 320 g/mol. The van der Waals surface area contributed by atoms with E-state index in [2.05, 4.69) is 0 Å². The summed E-state index contributed by atoms with van der Waals surface area (Å²) in [6, 6.07) is 17.6. The molecule has 25 heavy (non-hydrogen) atoms. The molecule has 1 aliphatic rings. The van der Waals surface area contributed by atoms with Gasteiger partial charge in [0.15, 0.2) is 0 Å². The molecule has 0 spiro atoms. The van der Waals surface area contributed by atoms with Crippen LogP contribution in [0.15, 0.2) is 54.6 Å². The van der Waals surface area contributed by atoms with Crippen molar-refractivity contribution in [3.05, 3.63) is 65.7 Å². The Bertz CT molecular complexity index is 628. The molecule has 0 aliphatic carbocycles. The summed E-state index contributed by atoms with van der Waals surface area (Å²) in [5.41, 5.74) is 2.13. The molecule has 1 saturated heterocycles. The van der Waals surface area contributed by atoms with Gasteiger partial charge in [-0.3, -0.25) is 0 Å². The molecule has 0 saturated carbocycles. The summed E-state index contributed by atoms with van der Waals surface area (Å²) >= 11 is 0. The van der Waals surface area contributed by atoms with E-state index in [0.29, 0.717) is 19.8 Å². The van der Waals surface area contributed by atoms with E-state index in [1.165, 1.54) is 0 Å². The van der Waals surface area contributed by atoms with E-state index in [1.54, 1.807) is 7.11 Å². The van der Waals surface area contributed by atoms with Gasteiger partial charge in [0.05, 0.1) is 33.5 Å². The van der Waals surface area contributed by atoms with Gasteiger partial charge >= 0.3 is 0 Å². The maximum atomic E-state index is 10.1. The van der Waals surface area contributed by atoms with Gasteiger partial charge in [0.1, 0.15) is 24.1 Å². The van der Waals surface area contributed by atoms with Crippen LogP contribution >= 0.6 is 0 Å². The van der Waals surface area contributed by atoms with Gasteiger partial charge in [-0.15, -0.1) is 0 Å². The normalized spacial score (nSPS) is 22.9. The molecule has 5 nitrogen and oxygen atoms in total. The molecule has 5 heteroatoms. The second-order valence-corrected chi connectivity index (χ2v) is 6.06. The highest BCUT2D eigenvalue weighted by Crippen LogP contribution is 2.21. The predicted molar refractivity (Wildman–Crippen MR) is 93.4 cm³/mol. The number of hydrogen-bond acceptors (Lipinski definition) is 5. The number of aliphatic hydroxyl groups is 1. The average molecular weight is 344 g/mol. The van der Waals surface area contributed by atoms with Gasteiger partial charge in [0, 0.05) is 0 Å². The van der Waals surface area contributed by atoms with E-state index < -0.39 is 12.2 Å². The Balaban J connectivity index is 1.48. The molecule has 0 amide bonds. The fraction of sp³-hybridized carbons (Fsp3) is 0.400. The molecule has 1 fully saturated rings. The maximum Gasteiger partial charge on any atom is 0.118 e. The lowest BCUT2D eigenvalue weighted by Gasteiger charge is -2.21. The molecule has 134 valence electrons. The standard InChI is InChI=1S/C20H24O5/c1-22-17-9-7-16(8-10-17)12-25-20-18(21)13-24-19(20)14-23-11-15-5-3-2-4-6-15/h2-10,18-21H,11-14H2,1H3/t18-,19+,20-/m0/s1. The van der Waals surface area contributed by atoms with Crippen LogP contribution in [0.25, 0.3) is 0 Å². The van der Waals surface area contributed by atoms with E-state index in [0.717, 1.165) is 16.9 Å². The molecule has 1 heterocycles. The van der Waals surface area contributed by atoms with Gasteiger partial charge in [-0.05, 0) is 23.3 Å². The molecule has 0 aromatic heterocycles. The van der Waals surface area contributed by atoms with Crippen LogP contribution in [-0.4, -0.2) is 43.7 Å². The molecule has 3 atom stereocenters. The summed E-state index contributed by atoms with van der Waals surface area (Å²) in [4.78, 5) is 0. The average Bonchev–Trinajstić information content (AvgIpc) is 3.01. The van der Waals surface area contributed by atoms with E-state index in [4.69, 9.17) is 18.9 Å². The molecule has 0 radical (unpaired) electrons. The van der Waals surface area contributed by atoms with Crippen molar-refractivity contribution in [1.29, 1.82) is 0 Å². The lowest BCUT2D eigenvalue weighted by molar-refractivity contribution is -0.0742. The Hall–Kier alpha value is -1.92. The van der Waals surface area contributed by atoms with Crippen molar-refractivity contribution in [2.45, 2.75) is 31.5 Å². The quantitative estimate of drug-likeness (QED) is 0.798. The Labute approximate surface area is 148 Å². The minimum absolute atomic E-state index is 0.267. The second kappa shape index (κ2) is 8.97. The lowest BCUT2D eigenvalue weighted by atomic mass is 10.1. The van der Waals surface area contributed by atoms with Crippen molar-refractivity contribution in [3.8, 4) is 5.75 Å². The Kier molecular flexibility index (Phi) is 6.42. The lowest BCUT2D eigenvalue weighted by Crippen LogP contribution is -2.35. The van der Waals surface area contributed by atoms with Crippen LogP contribution < -0.4 is 4.74 Å². The van der Waals surface area contributed by atoms with E-state index in [1.807, 2.05) is 54.6 Å². The number of rotatable bonds is 8. The molecule has 0 unspecified atom stereocenters. The summed E-state index contributed by atoms with van der Waals surface area (Å²) < 4.78 is 22.4. The first-order valence-corrected chi connectivity index (χ1v) is 8.42. The first-order chi connectivity index (χ1) is 12.3. The smallest absolute Gasteiger partial charge is 0.118 e. The first kappa shape index (κ1) is 17.9. The highest BCUT2D eigenvalue weighted by Gasteiger charge is 2.37. The van der Waals surface area contributed by atoms with Crippen molar-refractivity contribution in [3.63, 3.8) is 0 Å². The predicted octanol–water partition coefficient (Wildman–Crippen LogP) is 2.56. The molecule has 2 aromatic rings. The van der Waals surface area contributed by atoms with Gasteiger partial charge < -0.3 is 24.1 Å². The van der Waals surface area contributed by atoms with E-state index in [-0.39, 0.29) is 12.7 Å². The summed E-state index contributed by atoms with van der Waals surface area (Å²) in [5, 5.41) is 10.1. The third-order valence-corrected chi connectivity index (χ3v) is 4.22. The zero-order chi connectivity index (χ0) is 17.5. The molecular formula is C20H24O5. The molecule has 1 N–H and O–H groups in total. The molecule has 0 bridgehead atoms. The third-order valence-electron chi connectivity index (χ3n) is 4.22. The van der Waals surface area contributed by atoms with Crippen molar-refractivity contribution >= 4 is 0 Å². The van der Waals surface area contributed by atoms with E-state index in [9.17, 15) is 5.11 Å². The van der Waals surface area contributed by atoms with Crippen molar-refractivity contribution in [2.24, 2.45) is 0 Å². The van der Waals surface area contributed by atoms with Crippen LogP contribution in [0.4, 0.5) is 0 Å². The minimum Gasteiger partial charge on any atom is -0.497 e. The summed E-state index contributed by atoms with van der Waals surface area (Å²) in [6.07, 6.45) is -1.29. The fourth-order valence-corrected chi connectivity index (χ4v) is 2.80. The Morgan fingerprint density at radius 2 is 1.72 bits per heavy atom. The van der Waals surface area contributed by atoms with Crippen LogP contribution in [0, 0.1) is 0 Å². The Morgan fingerprint density at radius 3 is 2.44 bits per heavy atom. The zero-order valence-corrected chi connectivity index (χ0v) is 14.3. The second-order valence-electron chi connectivity index (χ2n) is 6.06. The van der Waals surface area contributed by atoms with Crippen LogP contribution in [0.1, 0.15) is 11.1 Å². The van der Waals surface area contributed by atoms with Gasteiger partial charge in [0.2, 0.25) is 0 Å². The van der Waals surface area contributed by atoms with Gasteiger partial charge in [-0.25, -0.2) is 0 Å². The van der Waals surface area contributed by atoms with Crippen LogP contribution in [0.5, 0.6) is 5.75 Å².